The molecular formula is C14H16O3. The minimum atomic E-state index is -0.0580. The molecule has 0 saturated carbocycles. The third kappa shape index (κ3) is 2.87. The third-order valence-electron chi connectivity index (χ3n) is 2.60. The lowest BCUT2D eigenvalue weighted by Crippen LogP contribution is -2.03. The van der Waals surface area contributed by atoms with E-state index in [1.165, 1.54) is 6.07 Å². The van der Waals surface area contributed by atoms with Crippen LogP contribution < -0.4 is 10.2 Å². The highest BCUT2D eigenvalue weighted by molar-refractivity contribution is 5.76. The van der Waals surface area contributed by atoms with E-state index in [1.807, 2.05) is 12.1 Å². The second kappa shape index (κ2) is 5.53. The molecular weight excluding hydrogens is 216 g/mol. The van der Waals surface area contributed by atoms with E-state index in [0.29, 0.717) is 23.5 Å². The lowest BCUT2D eigenvalue weighted by Gasteiger charge is -2.05. The van der Waals surface area contributed by atoms with Gasteiger partial charge in [-0.15, -0.1) is 0 Å². The number of unbranched alkanes of at least 4 members (excludes halogenated alkanes) is 2. The molecule has 90 valence electrons. The SMILES string of the molecule is CCCCCOc1cc(=O)c2ccccc2o1. The van der Waals surface area contributed by atoms with E-state index in [2.05, 4.69) is 6.92 Å². The molecule has 2 rings (SSSR count). The van der Waals surface area contributed by atoms with E-state index in [4.69, 9.17) is 9.15 Å². The molecule has 0 unspecified atom stereocenters. The van der Waals surface area contributed by atoms with E-state index in [-0.39, 0.29) is 5.43 Å². The average molecular weight is 232 g/mol. The molecule has 3 nitrogen and oxygen atoms in total. The summed E-state index contributed by atoms with van der Waals surface area (Å²) in [5, 5.41) is 0.591. The summed E-state index contributed by atoms with van der Waals surface area (Å²) in [6.07, 6.45) is 3.25. The summed E-state index contributed by atoms with van der Waals surface area (Å²) >= 11 is 0. The summed E-state index contributed by atoms with van der Waals surface area (Å²) in [7, 11) is 0. The summed E-state index contributed by atoms with van der Waals surface area (Å²) in [5.41, 5.74) is 0.517. The first-order chi connectivity index (χ1) is 8.31. The number of hydrogen-bond acceptors (Lipinski definition) is 3. The van der Waals surface area contributed by atoms with Gasteiger partial charge in [-0.05, 0) is 18.6 Å². The topological polar surface area (TPSA) is 39.4 Å². The fourth-order valence-electron chi connectivity index (χ4n) is 1.68. The second-order valence-electron chi connectivity index (χ2n) is 3.98. The fourth-order valence-corrected chi connectivity index (χ4v) is 1.68. The van der Waals surface area contributed by atoms with Crippen molar-refractivity contribution in [2.45, 2.75) is 26.2 Å². The Balaban J connectivity index is 2.16. The fraction of sp³-hybridized carbons (Fsp3) is 0.357. The van der Waals surface area contributed by atoms with Crippen LogP contribution in [0.3, 0.4) is 0 Å². The number of rotatable bonds is 5. The van der Waals surface area contributed by atoms with Crippen LogP contribution in [0.2, 0.25) is 0 Å². The van der Waals surface area contributed by atoms with Gasteiger partial charge in [0.25, 0.3) is 5.95 Å². The van der Waals surface area contributed by atoms with Crippen LogP contribution in [0.1, 0.15) is 26.2 Å². The van der Waals surface area contributed by atoms with Crippen molar-refractivity contribution in [3.05, 3.63) is 40.6 Å². The quantitative estimate of drug-likeness (QED) is 0.742. The van der Waals surface area contributed by atoms with Crippen LogP contribution in [0.15, 0.2) is 39.5 Å². The van der Waals surface area contributed by atoms with E-state index in [0.717, 1.165) is 19.3 Å². The summed E-state index contributed by atoms with van der Waals surface area (Å²) in [6.45, 7) is 2.73. The molecule has 0 radical (unpaired) electrons. The lowest BCUT2D eigenvalue weighted by molar-refractivity contribution is 0.239. The van der Waals surface area contributed by atoms with Gasteiger partial charge in [-0.25, -0.2) is 0 Å². The van der Waals surface area contributed by atoms with Gasteiger partial charge in [0.2, 0.25) is 0 Å². The molecule has 1 heterocycles. The molecule has 3 heteroatoms. The van der Waals surface area contributed by atoms with Crippen LogP contribution in [0.4, 0.5) is 0 Å². The van der Waals surface area contributed by atoms with Crippen LogP contribution >= 0.6 is 0 Å². The Morgan fingerprint density at radius 2 is 2.06 bits per heavy atom. The predicted molar refractivity (Wildman–Crippen MR) is 67.5 cm³/mol. The Bertz CT molecular complexity index is 542. The molecule has 0 amide bonds. The normalized spacial score (nSPS) is 10.6. The maximum absolute atomic E-state index is 11.7. The van der Waals surface area contributed by atoms with E-state index in [1.54, 1.807) is 12.1 Å². The summed E-state index contributed by atoms with van der Waals surface area (Å²) in [5.74, 6) is 0.310. The van der Waals surface area contributed by atoms with Gasteiger partial charge in [0.05, 0.1) is 18.1 Å². The van der Waals surface area contributed by atoms with Gasteiger partial charge in [0.1, 0.15) is 5.58 Å². The molecule has 1 aromatic heterocycles. The Labute approximate surface area is 100 Å². The molecule has 0 N–H and O–H groups in total. The van der Waals surface area contributed by atoms with Crippen LogP contribution in [0.5, 0.6) is 5.95 Å². The van der Waals surface area contributed by atoms with Crippen LogP contribution in [-0.4, -0.2) is 6.61 Å². The van der Waals surface area contributed by atoms with E-state index in [9.17, 15) is 4.79 Å². The Kier molecular flexibility index (Phi) is 3.81. The standard InChI is InChI=1S/C14H16O3/c1-2-3-6-9-16-14-10-12(15)11-7-4-5-8-13(11)17-14/h4-5,7-8,10H,2-3,6,9H2,1H3. The summed E-state index contributed by atoms with van der Waals surface area (Å²) in [6, 6.07) is 8.60. The van der Waals surface area contributed by atoms with Gasteiger partial charge in [-0.2, -0.15) is 0 Å². The van der Waals surface area contributed by atoms with Gasteiger partial charge in [0, 0.05) is 0 Å². The number of benzene rings is 1. The molecule has 0 fully saturated rings. The highest BCUT2D eigenvalue weighted by Gasteiger charge is 2.04. The van der Waals surface area contributed by atoms with Gasteiger partial charge < -0.3 is 9.15 Å². The highest BCUT2D eigenvalue weighted by Crippen LogP contribution is 2.17. The molecule has 0 spiro atoms. The number of para-hydroxylation sites is 1. The summed E-state index contributed by atoms with van der Waals surface area (Å²) in [4.78, 5) is 11.7. The molecule has 0 aliphatic rings. The lowest BCUT2D eigenvalue weighted by atomic mass is 10.2. The minimum Gasteiger partial charge on any atom is -0.465 e. The zero-order chi connectivity index (χ0) is 12.1. The van der Waals surface area contributed by atoms with Crippen molar-refractivity contribution in [1.82, 2.24) is 0 Å². The maximum Gasteiger partial charge on any atom is 0.288 e. The molecule has 0 atom stereocenters. The number of ether oxygens (including phenoxy) is 1. The van der Waals surface area contributed by atoms with E-state index < -0.39 is 0 Å². The van der Waals surface area contributed by atoms with Crippen LogP contribution in [0.25, 0.3) is 11.0 Å². The van der Waals surface area contributed by atoms with Gasteiger partial charge in [-0.3, -0.25) is 4.79 Å². The monoisotopic (exact) mass is 232 g/mol. The molecule has 0 bridgehead atoms. The van der Waals surface area contributed by atoms with Crippen molar-refractivity contribution in [2.24, 2.45) is 0 Å². The first-order valence-electron chi connectivity index (χ1n) is 5.97. The zero-order valence-corrected chi connectivity index (χ0v) is 9.94. The van der Waals surface area contributed by atoms with Crippen molar-refractivity contribution in [3.63, 3.8) is 0 Å². The third-order valence-corrected chi connectivity index (χ3v) is 2.60. The van der Waals surface area contributed by atoms with Crippen LogP contribution in [-0.2, 0) is 0 Å². The van der Waals surface area contributed by atoms with Gasteiger partial charge in [0.15, 0.2) is 5.43 Å². The largest absolute Gasteiger partial charge is 0.465 e. The van der Waals surface area contributed by atoms with Gasteiger partial charge >= 0.3 is 0 Å². The van der Waals surface area contributed by atoms with Gasteiger partial charge in [-0.1, -0.05) is 31.9 Å². The molecule has 17 heavy (non-hydrogen) atoms. The predicted octanol–water partition coefficient (Wildman–Crippen LogP) is 3.36. The minimum absolute atomic E-state index is 0.0580. The maximum atomic E-state index is 11.7. The first-order valence-corrected chi connectivity index (χ1v) is 5.97. The molecule has 1 aromatic carbocycles. The van der Waals surface area contributed by atoms with Crippen molar-refractivity contribution >= 4 is 11.0 Å². The zero-order valence-electron chi connectivity index (χ0n) is 9.94. The molecule has 0 aliphatic carbocycles. The van der Waals surface area contributed by atoms with Crippen molar-refractivity contribution < 1.29 is 9.15 Å². The van der Waals surface area contributed by atoms with Crippen molar-refractivity contribution in [2.75, 3.05) is 6.61 Å². The van der Waals surface area contributed by atoms with Crippen LogP contribution in [0, 0.1) is 0 Å². The smallest absolute Gasteiger partial charge is 0.288 e. The van der Waals surface area contributed by atoms with Crippen molar-refractivity contribution in [1.29, 1.82) is 0 Å². The molecule has 0 saturated heterocycles. The van der Waals surface area contributed by atoms with Crippen molar-refractivity contribution in [3.8, 4) is 5.95 Å². The number of fused-ring (bicyclic) bond motifs is 1. The Hall–Kier alpha value is -1.77. The molecule has 2 aromatic rings. The Morgan fingerprint density at radius 1 is 1.24 bits per heavy atom. The average Bonchev–Trinajstić information content (AvgIpc) is 2.35. The second-order valence-corrected chi connectivity index (χ2v) is 3.98. The molecule has 0 aliphatic heterocycles. The Morgan fingerprint density at radius 3 is 2.88 bits per heavy atom. The van der Waals surface area contributed by atoms with E-state index >= 15 is 0 Å². The first kappa shape index (κ1) is 11.7. The number of hydrogen-bond donors (Lipinski definition) is 0. The summed E-state index contributed by atoms with van der Waals surface area (Å²) < 4.78 is 10.9. The highest BCUT2D eigenvalue weighted by atomic mass is 16.6.